The molecular formula is C22H27F2N7. The highest BCUT2D eigenvalue weighted by molar-refractivity contribution is 5.96. The second-order valence-corrected chi connectivity index (χ2v) is 8.62. The van der Waals surface area contributed by atoms with E-state index in [1.807, 2.05) is 24.4 Å². The van der Waals surface area contributed by atoms with Crippen LogP contribution in [-0.4, -0.2) is 62.8 Å². The predicted molar refractivity (Wildman–Crippen MR) is 119 cm³/mol. The summed E-state index contributed by atoms with van der Waals surface area (Å²) in [5, 5.41) is 8.05. The van der Waals surface area contributed by atoms with Crippen molar-refractivity contribution in [2.75, 3.05) is 25.5 Å². The number of nitrogens with one attached hydrogen (secondary N) is 1. The van der Waals surface area contributed by atoms with E-state index in [1.165, 1.54) is 0 Å². The largest absolute Gasteiger partial charge is 0.349 e. The van der Waals surface area contributed by atoms with E-state index in [0.717, 1.165) is 24.2 Å². The van der Waals surface area contributed by atoms with Gasteiger partial charge in [-0.25, -0.2) is 23.3 Å². The molecule has 31 heavy (non-hydrogen) atoms. The predicted octanol–water partition coefficient (Wildman–Crippen LogP) is 4.24. The zero-order chi connectivity index (χ0) is 21.7. The van der Waals surface area contributed by atoms with Gasteiger partial charge in [0.15, 0.2) is 0 Å². The molecule has 164 valence electrons. The Labute approximate surface area is 180 Å². The van der Waals surface area contributed by atoms with Gasteiger partial charge in [-0.3, -0.25) is 4.99 Å². The van der Waals surface area contributed by atoms with Crippen LogP contribution in [0.4, 0.5) is 20.4 Å². The molecule has 0 aromatic carbocycles. The molecule has 1 saturated heterocycles. The van der Waals surface area contributed by atoms with E-state index < -0.39 is 12.3 Å². The first-order valence-electron chi connectivity index (χ1n) is 10.5. The van der Waals surface area contributed by atoms with E-state index >= 15 is 0 Å². The Hall–Kier alpha value is -2.94. The van der Waals surface area contributed by atoms with Crippen molar-refractivity contribution in [2.24, 2.45) is 10.9 Å². The number of hydrogen-bond donors (Lipinski definition) is 1. The van der Waals surface area contributed by atoms with Crippen molar-refractivity contribution in [1.29, 1.82) is 0 Å². The topological polar surface area (TPSA) is 70.7 Å². The van der Waals surface area contributed by atoms with E-state index in [1.54, 1.807) is 17.6 Å². The quantitative estimate of drug-likeness (QED) is 0.659. The summed E-state index contributed by atoms with van der Waals surface area (Å²) in [6.07, 6.45) is 0.988. The number of alkyl halides is 2. The molecule has 0 radical (unpaired) electrons. The number of aliphatic imine (C=N–C) groups is 1. The van der Waals surface area contributed by atoms with Crippen LogP contribution in [-0.2, 0) is 0 Å². The highest BCUT2D eigenvalue weighted by atomic mass is 19.3. The van der Waals surface area contributed by atoms with Crippen molar-refractivity contribution < 1.29 is 10.2 Å². The Bertz CT molecular complexity index is 1160. The maximum absolute atomic E-state index is 13.1. The van der Waals surface area contributed by atoms with Crippen molar-refractivity contribution in [3.05, 3.63) is 36.3 Å². The second kappa shape index (κ2) is 7.64. The van der Waals surface area contributed by atoms with Crippen molar-refractivity contribution in [2.45, 2.75) is 38.7 Å². The number of rotatable bonds is 5. The first-order valence-corrected chi connectivity index (χ1v) is 10.5. The Balaban J connectivity index is 0.00000245. The highest BCUT2D eigenvalue weighted by Crippen LogP contribution is 2.39. The minimum absolute atomic E-state index is 0. The smallest absolute Gasteiger partial charge is 0.241 e. The van der Waals surface area contributed by atoms with E-state index in [9.17, 15) is 8.78 Å². The normalized spacial score (nSPS) is 23.5. The summed E-state index contributed by atoms with van der Waals surface area (Å²) in [6, 6.07) is 5.97. The van der Waals surface area contributed by atoms with Gasteiger partial charge in [0.1, 0.15) is 0 Å². The van der Waals surface area contributed by atoms with Crippen molar-refractivity contribution in [3.8, 4) is 11.3 Å². The zero-order valence-corrected chi connectivity index (χ0v) is 17.8. The molecule has 3 aromatic heterocycles. The SMILES string of the molecule is CC1=Nc2ccc(-c3ccn4nc(N[C@@H]5CN(C)C[C@H]5C)ncc34)nc2C1CC(F)F.[HH]. The number of hydrogen-bond acceptors (Lipinski definition) is 6. The zero-order valence-electron chi connectivity index (χ0n) is 17.8. The van der Waals surface area contributed by atoms with Crippen molar-refractivity contribution in [3.63, 3.8) is 0 Å². The first-order chi connectivity index (χ1) is 14.9. The van der Waals surface area contributed by atoms with Gasteiger partial charge in [0.2, 0.25) is 12.4 Å². The minimum Gasteiger partial charge on any atom is -0.349 e. The number of halogens is 2. The molecule has 1 fully saturated rings. The summed E-state index contributed by atoms with van der Waals surface area (Å²) >= 11 is 0. The van der Waals surface area contributed by atoms with Crippen LogP contribution >= 0.6 is 0 Å². The molecular weight excluding hydrogens is 400 g/mol. The number of likely N-dealkylation sites (tertiary alicyclic amines) is 1. The second-order valence-electron chi connectivity index (χ2n) is 8.62. The molecule has 0 aliphatic carbocycles. The molecule has 5 heterocycles. The molecule has 0 spiro atoms. The van der Waals surface area contributed by atoms with Crippen LogP contribution in [0.25, 0.3) is 16.8 Å². The molecule has 2 aliphatic rings. The summed E-state index contributed by atoms with van der Waals surface area (Å²) in [5.41, 5.74) is 4.37. The molecule has 1 N–H and O–H groups in total. The molecule has 3 atom stereocenters. The summed E-state index contributed by atoms with van der Waals surface area (Å²) in [4.78, 5) is 15.9. The van der Waals surface area contributed by atoms with E-state index in [0.29, 0.717) is 40.7 Å². The summed E-state index contributed by atoms with van der Waals surface area (Å²) in [6.45, 7) is 6.01. The van der Waals surface area contributed by atoms with Gasteiger partial charge in [-0.1, -0.05) is 6.92 Å². The number of aromatic nitrogens is 4. The van der Waals surface area contributed by atoms with Gasteiger partial charge in [0.05, 0.1) is 28.8 Å². The monoisotopic (exact) mass is 427 g/mol. The fourth-order valence-corrected chi connectivity index (χ4v) is 4.64. The molecule has 9 heteroatoms. The minimum atomic E-state index is -2.40. The molecule has 7 nitrogen and oxygen atoms in total. The lowest BCUT2D eigenvalue weighted by molar-refractivity contribution is 0.135. The third-order valence-electron chi connectivity index (χ3n) is 6.25. The van der Waals surface area contributed by atoms with Gasteiger partial charge in [-0.05, 0) is 38.1 Å². The van der Waals surface area contributed by atoms with Crippen LogP contribution in [0.1, 0.15) is 33.3 Å². The Morgan fingerprint density at radius 3 is 2.84 bits per heavy atom. The average molecular weight is 428 g/mol. The van der Waals surface area contributed by atoms with Crippen LogP contribution in [0.5, 0.6) is 0 Å². The summed E-state index contributed by atoms with van der Waals surface area (Å²) in [5.74, 6) is 0.666. The number of nitrogens with zero attached hydrogens (tertiary/aromatic N) is 6. The number of pyridine rings is 1. The fourth-order valence-electron chi connectivity index (χ4n) is 4.64. The van der Waals surface area contributed by atoms with Gasteiger partial charge < -0.3 is 10.2 Å². The van der Waals surface area contributed by atoms with Gasteiger partial charge >= 0.3 is 0 Å². The van der Waals surface area contributed by atoms with Crippen LogP contribution in [0.2, 0.25) is 0 Å². The summed E-state index contributed by atoms with van der Waals surface area (Å²) in [7, 11) is 2.11. The van der Waals surface area contributed by atoms with Gasteiger partial charge in [-0.15, -0.1) is 5.10 Å². The molecule has 0 saturated carbocycles. The number of anilines is 1. The first kappa shape index (κ1) is 20.0. The maximum Gasteiger partial charge on any atom is 0.241 e. The standard InChI is InChI=1S/C22H25F2N7.H2/c1-12-10-30(3)11-18(12)28-22-25-9-19-14(6-7-31(19)29-22)16-4-5-17-21(27-16)15(8-20(23)24)13(2)26-17;/h4-7,9,12,15,18,20H,8,10-11H2,1-3H3,(H,28,29);1H/t12-,15?,18-;/m1./s1. The molecule has 2 aliphatic heterocycles. The molecule has 0 bridgehead atoms. The van der Waals surface area contributed by atoms with Gasteiger partial charge in [-0.2, -0.15) is 0 Å². The fraction of sp³-hybridized carbons (Fsp3) is 0.455. The molecule has 5 rings (SSSR count). The average Bonchev–Trinajstić information content (AvgIpc) is 3.37. The highest BCUT2D eigenvalue weighted by Gasteiger charge is 2.30. The Morgan fingerprint density at radius 2 is 2.10 bits per heavy atom. The number of likely N-dealkylation sites (N-methyl/N-ethyl adjacent to an activating group) is 1. The van der Waals surface area contributed by atoms with Crippen molar-refractivity contribution in [1.82, 2.24) is 24.5 Å². The molecule has 3 aromatic rings. The lowest BCUT2D eigenvalue weighted by atomic mass is 9.97. The van der Waals surface area contributed by atoms with Crippen LogP contribution < -0.4 is 5.32 Å². The third-order valence-corrected chi connectivity index (χ3v) is 6.25. The lowest BCUT2D eigenvalue weighted by Gasteiger charge is -2.16. The van der Waals surface area contributed by atoms with Gasteiger partial charge in [0.25, 0.3) is 0 Å². The maximum atomic E-state index is 13.1. The lowest BCUT2D eigenvalue weighted by Crippen LogP contribution is -2.28. The summed E-state index contributed by atoms with van der Waals surface area (Å²) < 4.78 is 27.9. The van der Waals surface area contributed by atoms with Crippen LogP contribution in [0.3, 0.4) is 0 Å². The van der Waals surface area contributed by atoms with Crippen molar-refractivity contribution >= 4 is 22.9 Å². The van der Waals surface area contributed by atoms with E-state index in [4.69, 9.17) is 4.98 Å². The van der Waals surface area contributed by atoms with Gasteiger partial charge in [0, 0.05) is 50.4 Å². The number of fused-ring (bicyclic) bond motifs is 2. The molecule has 0 amide bonds. The Morgan fingerprint density at radius 1 is 1.26 bits per heavy atom. The van der Waals surface area contributed by atoms with Crippen LogP contribution in [0.15, 0.2) is 35.6 Å². The van der Waals surface area contributed by atoms with E-state index in [-0.39, 0.29) is 7.85 Å². The van der Waals surface area contributed by atoms with E-state index in [2.05, 4.69) is 39.3 Å². The Kier molecular flexibility index (Phi) is 4.92. The molecule has 1 unspecified atom stereocenters. The third kappa shape index (κ3) is 3.67. The van der Waals surface area contributed by atoms with Crippen LogP contribution in [0, 0.1) is 5.92 Å².